The van der Waals surface area contributed by atoms with Crippen LogP contribution in [0.1, 0.15) is 12.8 Å². The molecule has 0 aliphatic rings. The van der Waals surface area contributed by atoms with Crippen molar-refractivity contribution >= 4 is 75.5 Å². The van der Waals surface area contributed by atoms with Crippen LogP contribution in [-0.4, -0.2) is 9.13 Å². The lowest BCUT2D eigenvalue weighted by atomic mass is 10.2. The SMILES string of the molecule is Brc1ccc2c(c1)c1cc(Br)ccc1n2CCCCn1c2ccccc2c2ccccc21. The zero-order chi connectivity index (χ0) is 21.7. The molecule has 0 aliphatic carbocycles. The number of para-hydroxylation sites is 2. The summed E-state index contributed by atoms with van der Waals surface area (Å²) in [7, 11) is 0. The summed E-state index contributed by atoms with van der Waals surface area (Å²) in [5, 5.41) is 5.31. The molecule has 2 nitrogen and oxygen atoms in total. The molecule has 32 heavy (non-hydrogen) atoms. The minimum Gasteiger partial charge on any atom is -0.340 e. The van der Waals surface area contributed by atoms with Crippen molar-refractivity contribution in [1.29, 1.82) is 0 Å². The Morgan fingerprint density at radius 3 is 1.34 bits per heavy atom. The lowest BCUT2D eigenvalue weighted by Crippen LogP contribution is -2.02. The molecule has 0 fully saturated rings. The first-order valence-corrected chi connectivity index (χ1v) is 12.6. The lowest BCUT2D eigenvalue weighted by Gasteiger charge is -2.10. The largest absolute Gasteiger partial charge is 0.340 e. The molecule has 2 heterocycles. The third-order valence-electron chi connectivity index (χ3n) is 6.48. The Labute approximate surface area is 203 Å². The maximum Gasteiger partial charge on any atom is 0.0492 e. The van der Waals surface area contributed by atoms with Gasteiger partial charge in [-0.15, -0.1) is 0 Å². The molecule has 158 valence electrons. The van der Waals surface area contributed by atoms with E-state index in [9.17, 15) is 0 Å². The van der Waals surface area contributed by atoms with Gasteiger partial charge >= 0.3 is 0 Å². The smallest absolute Gasteiger partial charge is 0.0492 e. The fourth-order valence-electron chi connectivity index (χ4n) is 5.07. The van der Waals surface area contributed by atoms with Crippen LogP contribution in [-0.2, 0) is 13.1 Å². The third kappa shape index (κ3) is 3.28. The van der Waals surface area contributed by atoms with Gasteiger partial charge in [-0.05, 0) is 61.4 Å². The van der Waals surface area contributed by atoms with Crippen molar-refractivity contribution in [1.82, 2.24) is 9.13 Å². The second kappa shape index (κ2) is 8.09. The average Bonchev–Trinajstić information content (AvgIpc) is 3.29. The molecule has 0 amide bonds. The molecular weight excluding hydrogens is 524 g/mol. The predicted molar refractivity (Wildman–Crippen MR) is 144 cm³/mol. The highest BCUT2D eigenvalue weighted by Crippen LogP contribution is 2.34. The number of rotatable bonds is 5. The van der Waals surface area contributed by atoms with Crippen LogP contribution in [0, 0.1) is 0 Å². The molecule has 0 atom stereocenters. The van der Waals surface area contributed by atoms with Crippen LogP contribution in [0.3, 0.4) is 0 Å². The summed E-state index contributed by atoms with van der Waals surface area (Å²) >= 11 is 7.30. The summed E-state index contributed by atoms with van der Waals surface area (Å²) in [4.78, 5) is 0. The minimum atomic E-state index is 1.01. The zero-order valence-corrected chi connectivity index (χ0v) is 20.7. The molecule has 6 rings (SSSR count). The van der Waals surface area contributed by atoms with Crippen LogP contribution >= 0.6 is 31.9 Å². The van der Waals surface area contributed by atoms with E-state index >= 15 is 0 Å². The Morgan fingerprint density at radius 2 is 0.875 bits per heavy atom. The summed E-state index contributed by atoms with van der Waals surface area (Å²) < 4.78 is 7.21. The van der Waals surface area contributed by atoms with E-state index in [1.54, 1.807) is 0 Å². The molecule has 0 spiro atoms. The number of benzene rings is 4. The molecule has 2 aromatic heterocycles. The highest BCUT2D eigenvalue weighted by Gasteiger charge is 2.12. The lowest BCUT2D eigenvalue weighted by molar-refractivity contribution is 0.583. The normalized spacial score (nSPS) is 11.9. The highest BCUT2D eigenvalue weighted by atomic mass is 79.9. The van der Waals surface area contributed by atoms with Gasteiger partial charge in [0.2, 0.25) is 0 Å². The van der Waals surface area contributed by atoms with Gasteiger partial charge in [-0.3, -0.25) is 0 Å². The number of hydrogen-bond acceptors (Lipinski definition) is 0. The summed E-state index contributed by atoms with van der Waals surface area (Å²) in [5.74, 6) is 0. The van der Waals surface area contributed by atoms with E-state index in [-0.39, 0.29) is 0 Å². The monoisotopic (exact) mass is 544 g/mol. The van der Waals surface area contributed by atoms with Crippen LogP contribution in [0.25, 0.3) is 43.6 Å². The first kappa shape index (κ1) is 20.1. The molecule has 0 N–H and O–H groups in total. The Balaban J connectivity index is 1.31. The van der Waals surface area contributed by atoms with Crippen LogP contribution in [0.15, 0.2) is 93.9 Å². The van der Waals surface area contributed by atoms with Crippen molar-refractivity contribution in [2.45, 2.75) is 25.9 Å². The van der Waals surface area contributed by atoms with Gasteiger partial charge in [-0.25, -0.2) is 0 Å². The average molecular weight is 546 g/mol. The van der Waals surface area contributed by atoms with Crippen molar-refractivity contribution < 1.29 is 0 Å². The van der Waals surface area contributed by atoms with E-state index in [1.165, 1.54) is 43.6 Å². The number of fused-ring (bicyclic) bond motifs is 6. The van der Waals surface area contributed by atoms with Crippen molar-refractivity contribution in [3.8, 4) is 0 Å². The van der Waals surface area contributed by atoms with Gasteiger partial charge in [-0.1, -0.05) is 68.3 Å². The maximum atomic E-state index is 3.65. The highest BCUT2D eigenvalue weighted by molar-refractivity contribution is 9.10. The molecule has 0 bridgehead atoms. The number of halogens is 2. The van der Waals surface area contributed by atoms with E-state index in [4.69, 9.17) is 0 Å². The van der Waals surface area contributed by atoms with Gasteiger partial charge in [0.05, 0.1) is 0 Å². The van der Waals surface area contributed by atoms with Crippen LogP contribution in [0.4, 0.5) is 0 Å². The van der Waals surface area contributed by atoms with Gasteiger partial charge in [0.25, 0.3) is 0 Å². The molecule has 4 aromatic carbocycles. The molecule has 6 aromatic rings. The van der Waals surface area contributed by atoms with Gasteiger partial charge in [0, 0.05) is 65.6 Å². The Morgan fingerprint density at radius 1 is 0.469 bits per heavy atom. The first-order valence-electron chi connectivity index (χ1n) is 11.0. The fourth-order valence-corrected chi connectivity index (χ4v) is 5.80. The second-order valence-electron chi connectivity index (χ2n) is 8.37. The van der Waals surface area contributed by atoms with Gasteiger partial charge in [0.1, 0.15) is 0 Å². The van der Waals surface area contributed by atoms with E-state index < -0.39 is 0 Å². The topological polar surface area (TPSA) is 9.86 Å². The zero-order valence-electron chi connectivity index (χ0n) is 17.6. The van der Waals surface area contributed by atoms with Crippen LogP contribution in [0.2, 0.25) is 0 Å². The molecule has 0 saturated heterocycles. The number of hydrogen-bond donors (Lipinski definition) is 0. The second-order valence-corrected chi connectivity index (χ2v) is 10.2. The number of nitrogens with zero attached hydrogens (tertiary/aromatic N) is 2. The Bertz CT molecular complexity index is 1490. The van der Waals surface area contributed by atoms with E-state index in [0.29, 0.717) is 0 Å². The maximum absolute atomic E-state index is 3.65. The number of unbranched alkanes of at least 4 members (excludes halogenated alkanes) is 1. The summed E-state index contributed by atoms with van der Waals surface area (Å²) in [6.45, 7) is 2.04. The molecule has 0 saturated carbocycles. The standard InChI is InChI=1S/C28H22Br2N2/c29-19-11-13-27-23(17-19)24-18-20(30)12-14-28(24)32(27)16-6-5-15-31-25-9-3-1-7-21(25)22-8-2-4-10-26(22)31/h1-4,7-14,17-18H,5-6,15-16H2. The fraction of sp³-hybridized carbons (Fsp3) is 0.143. The van der Waals surface area contributed by atoms with Crippen LogP contribution in [0.5, 0.6) is 0 Å². The van der Waals surface area contributed by atoms with E-state index in [2.05, 4.69) is 126 Å². The third-order valence-corrected chi connectivity index (χ3v) is 7.47. The quantitative estimate of drug-likeness (QED) is 0.191. The molecule has 0 radical (unpaired) electrons. The first-order chi connectivity index (χ1) is 15.7. The van der Waals surface area contributed by atoms with Gasteiger partial charge in [0.15, 0.2) is 0 Å². The predicted octanol–water partition coefficient (Wildman–Crippen LogP) is 8.91. The summed E-state index contributed by atoms with van der Waals surface area (Å²) in [6.07, 6.45) is 2.27. The molecule has 0 unspecified atom stereocenters. The van der Waals surface area contributed by atoms with Crippen molar-refractivity contribution in [2.24, 2.45) is 0 Å². The van der Waals surface area contributed by atoms with Gasteiger partial charge in [-0.2, -0.15) is 0 Å². The van der Waals surface area contributed by atoms with E-state index in [0.717, 1.165) is 34.9 Å². The summed E-state index contributed by atoms with van der Waals surface area (Å²) in [6, 6.07) is 30.8. The van der Waals surface area contributed by atoms with E-state index in [1.807, 2.05) is 0 Å². The Hall–Kier alpha value is -2.56. The van der Waals surface area contributed by atoms with Crippen LogP contribution < -0.4 is 0 Å². The minimum absolute atomic E-state index is 1.01. The Kier molecular flexibility index (Phi) is 5.08. The number of aromatic nitrogens is 2. The molecular formula is C28H22Br2N2. The molecule has 4 heteroatoms. The van der Waals surface area contributed by atoms with Gasteiger partial charge < -0.3 is 9.13 Å². The van der Waals surface area contributed by atoms with Crippen molar-refractivity contribution in [3.05, 3.63) is 93.9 Å². The number of aryl methyl sites for hydroxylation is 2. The van der Waals surface area contributed by atoms with Crippen molar-refractivity contribution in [2.75, 3.05) is 0 Å². The molecule has 0 aliphatic heterocycles. The van der Waals surface area contributed by atoms with Crippen molar-refractivity contribution in [3.63, 3.8) is 0 Å². The summed E-state index contributed by atoms with van der Waals surface area (Å²) in [5.41, 5.74) is 5.27.